The first-order valence-corrected chi connectivity index (χ1v) is 7.54. The van der Waals surface area contributed by atoms with Gasteiger partial charge in [-0.25, -0.2) is 18.7 Å². The Balaban J connectivity index is 1.89. The summed E-state index contributed by atoms with van der Waals surface area (Å²) in [5, 5.41) is 0.277. The van der Waals surface area contributed by atoms with Crippen molar-refractivity contribution < 1.29 is 17.9 Å². The molecule has 0 aromatic carbocycles. The van der Waals surface area contributed by atoms with Gasteiger partial charge in [0.05, 0.1) is 30.2 Å². The lowest BCUT2D eigenvalue weighted by atomic mass is 10.2. The largest absolute Gasteiger partial charge is 0.379 e. The van der Waals surface area contributed by atoms with E-state index < -0.39 is 25.0 Å². The summed E-state index contributed by atoms with van der Waals surface area (Å²) in [6.07, 6.45) is -0.700. The van der Waals surface area contributed by atoms with Gasteiger partial charge in [0.25, 0.3) is 0 Å². The normalized spacial score (nSPS) is 27.0. The van der Waals surface area contributed by atoms with Crippen molar-refractivity contribution in [2.45, 2.75) is 18.9 Å². The Morgan fingerprint density at radius 2 is 2.22 bits per heavy atom. The number of halogens is 4. The second-order valence-corrected chi connectivity index (χ2v) is 5.96. The van der Waals surface area contributed by atoms with Gasteiger partial charge >= 0.3 is 6.08 Å². The van der Waals surface area contributed by atoms with Crippen molar-refractivity contribution in [2.75, 3.05) is 24.7 Å². The quantitative estimate of drug-likeness (QED) is 0.619. The van der Waals surface area contributed by atoms with Crippen molar-refractivity contribution in [1.29, 1.82) is 0 Å². The van der Waals surface area contributed by atoms with Gasteiger partial charge in [0.2, 0.25) is 0 Å². The highest BCUT2D eigenvalue weighted by Gasteiger charge is 2.56. The molecule has 0 spiro atoms. The molecule has 0 N–H and O–H groups in total. The van der Waals surface area contributed by atoms with Crippen LogP contribution >= 0.6 is 11.6 Å². The Labute approximate surface area is 134 Å². The Bertz CT molecular complexity index is 777. The van der Waals surface area contributed by atoms with E-state index in [4.69, 9.17) is 16.3 Å². The summed E-state index contributed by atoms with van der Waals surface area (Å²) in [5.74, 6) is -0.0569. The number of ether oxygens (including phenoxy) is 1. The number of fused-ring (bicyclic) bond motifs is 2. The molecule has 1 saturated carbocycles. The third-order valence-electron chi connectivity index (χ3n) is 4.33. The van der Waals surface area contributed by atoms with Gasteiger partial charge in [-0.05, 0) is 0 Å². The second kappa shape index (κ2) is 5.45. The van der Waals surface area contributed by atoms with Crippen LogP contribution in [0, 0.1) is 12.0 Å². The van der Waals surface area contributed by atoms with Crippen molar-refractivity contribution in [3.63, 3.8) is 0 Å². The van der Waals surface area contributed by atoms with Crippen LogP contribution in [0.2, 0.25) is 5.15 Å². The fourth-order valence-electron chi connectivity index (χ4n) is 3.10. The highest BCUT2D eigenvalue weighted by atomic mass is 35.5. The zero-order valence-corrected chi connectivity index (χ0v) is 12.6. The highest BCUT2D eigenvalue weighted by Crippen LogP contribution is 2.44. The summed E-state index contributed by atoms with van der Waals surface area (Å²) in [6.45, 7) is 0.137. The van der Waals surface area contributed by atoms with Crippen LogP contribution in [-0.4, -0.2) is 46.9 Å². The predicted molar refractivity (Wildman–Crippen MR) is 77.5 cm³/mol. The van der Waals surface area contributed by atoms with E-state index in [1.54, 1.807) is 4.90 Å². The molecular formula is C14H12ClF3N4O. The number of anilines is 1. The maximum absolute atomic E-state index is 14.0. The minimum absolute atomic E-state index is 0.00179. The smallest absolute Gasteiger partial charge is 0.311 e. The Morgan fingerprint density at radius 3 is 3.00 bits per heavy atom. The van der Waals surface area contributed by atoms with Crippen molar-refractivity contribution in [1.82, 2.24) is 15.0 Å². The van der Waals surface area contributed by atoms with Gasteiger partial charge in [-0.2, -0.15) is 9.37 Å². The summed E-state index contributed by atoms with van der Waals surface area (Å²) in [4.78, 5) is 13.0. The molecule has 0 unspecified atom stereocenters. The molecule has 1 aliphatic carbocycles. The third-order valence-corrected chi connectivity index (χ3v) is 4.65. The molecule has 5 nitrogen and oxygen atoms in total. The van der Waals surface area contributed by atoms with E-state index >= 15 is 0 Å². The van der Waals surface area contributed by atoms with E-state index in [-0.39, 0.29) is 28.0 Å². The molecular weight excluding hydrogens is 333 g/mol. The molecule has 1 saturated heterocycles. The lowest BCUT2D eigenvalue weighted by Crippen LogP contribution is -2.31. The molecule has 0 bridgehead atoms. The van der Waals surface area contributed by atoms with Gasteiger partial charge in [-0.3, -0.25) is 0 Å². The summed E-state index contributed by atoms with van der Waals surface area (Å²) < 4.78 is 46.4. The molecule has 4 rings (SSSR count). The monoisotopic (exact) mass is 344 g/mol. The van der Waals surface area contributed by atoms with Crippen LogP contribution in [0.4, 0.5) is 19.0 Å². The number of hydrogen-bond donors (Lipinski definition) is 0. The molecule has 2 aromatic heterocycles. The Hall–Kier alpha value is -1.67. The summed E-state index contributed by atoms with van der Waals surface area (Å²) in [7, 11) is 0. The highest BCUT2D eigenvalue weighted by molar-refractivity contribution is 6.31. The first-order chi connectivity index (χ1) is 11.1. The first kappa shape index (κ1) is 14.9. The predicted octanol–water partition coefficient (Wildman–Crippen LogP) is 2.46. The zero-order valence-electron chi connectivity index (χ0n) is 11.8. The molecule has 1 aliphatic heterocycles. The lowest BCUT2D eigenvalue weighted by molar-refractivity contribution is 0.130. The lowest BCUT2D eigenvalue weighted by Gasteiger charge is -2.23. The zero-order chi connectivity index (χ0) is 16.1. The van der Waals surface area contributed by atoms with Crippen LogP contribution in [0.1, 0.15) is 5.56 Å². The van der Waals surface area contributed by atoms with Crippen LogP contribution in [0.5, 0.6) is 0 Å². The Morgan fingerprint density at radius 1 is 1.39 bits per heavy atom. The van der Waals surface area contributed by atoms with E-state index in [0.29, 0.717) is 25.1 Å². The number of aromatic nitrogens is 3. The maximum atomic E-state index is 14.0. The van der Waals surface area contributed by atoms with Crippen molar-refractivity contribution >= 4 is 28.3 Å². The van der Waals surface area contributed by atoms with Crippen LogP contribution in [0.3, 0.4) is 0 Å². The molecule has 23 heavy (non-hydrogen) atoms. The molecule has 9 heteroatoms. The van der Waals surface area contributed by atoms with Crippen LogP contribution in [-0.2, 0) is 11.4 Å². The molecule has 0 radical (unpaired) electrons. The average Bonchev–Trinajstić information content (AvgIpc) is 3.21. The minimum atomic E-state index is -1.05. The number of pyridine rings is 1. The van der Waals surface area contributed by atoms with Crippen molar-refractivity contribution in [3.05, 3.63) is 23.0 Å². The third kappa shape index (κ3) is 2.31. The van der Waals surface area contributed by atoms with E-state index in [1.165, 1.54) is 6.20 Å². The summed E-state index contributed by atoms with van der Waals surface area (Å²) in [5.41, 5.74) is 0.0645. The fourth-order valence-corrected chi connectivity index (χ4v) is 3.29. The van der Waals surface area contributed by atoms with Gasteiger partial charge in [-0.1, -0.05) is 11.6 Å². The van der Waals surface area contributed by atoms with Crippen LogP contribution in [0.25, 0.3) is 10.9 Å². The van der Waals surface area contributed by atoms with Crippen molar-refractivity contribution in [2.24, 2.45) is 5.92 Å². The summed E-state index contributed by atoms with van der Waals surface area (Å²) in [6, 6.07) is -0.417. The molecule has 0 amide bonds. The molecule has 2 aliphatic rings. The second-order valence-electron chi connectivity index (χ2n) is 5.61. The first-order valence-electron chi connectivity index (χ1n) is 7.17. The van der Waals surface area contributed by atoms with Crippen molar-refractivity contribution in [3.8, 4) is 0 Å². The topological polar surface area (TPSA) is 51.1 Å². The van der Waals surface area contributed by atoms with Crippen LogP contribution in [0.15, 0.2) is 6.20 Å². The molecule has 3 heterocycles. The summed E-state index contributed by atoms with van der Waals surface area (Å²) >= 11 is 5.85. The number of hydrogen-bond acceptors (Lipinski definition) is 5. The number of rotatable bonds is 2. The average molecular weight is 345 g/mol. The van der Waals surface area contributed by atoms with E-state index in [1.807, 2.05) is 0 Å². The fraction of sp³-hybridized carbons (Fsp3) is 0.500. The van der Waals surface area contributed by atoms with Gasteiger partial charge in [-0.15, -0.1) is 0 Å². The number of nitrogens with zero attached hydrogens (tertiary/aromatic N) is 4. The number of alkyl halides is 2. The standard InChI is InChI=1S/C14H12ClF3N4O/c15-12-6(3-16)10-7(4-19-12)13(21-14(18)20-10)22-1-2-23-5-8-9(17)11(8)22/h4,8-9,11H,1-3,5H2/t8-,9-,11-/m0/s1. The van der Waals surface area contributed by atoms with E-state index in [2.05, 4.69) is 15.0 Å². The van der Waals surface area contributed by atoms with E-state index in [9.17, 15) is 13.2 Å². The van der Waals surface area contributed by atoms with Crippen LogP contribution < -0.4 is 4.90 Å². The molecule has 2 fully saturated rings. The van der Waals surface area contributed by atoms with Gasteiger partial charge in [0.15, 0.2) is 0 Å². The van der Waals surface area contributed by atoms with Gasteiger partial charge in [0, 0.05) is 24.2 Å². The molecule has 3 atom stereocenters. The van der Waals surface area contributed by atoms with Gasteiger partial charge in [0.1, 0.15) is 23.8 Å². The minimum Gasteiger partial charge on any atom is -0.379 e. The Kier molecular flexibility index (Phi) is 3.53. The molecule has 122 valence electrons. The van der Waals surface area contributed by atoms with Gasteiger partial charge < -0.3 is 9.64 Å². The SMILES string of the molecule is FCc1c(Cl)ncc2c(N3CCOC[C@H]4[C@H](F)[C@H]43)nc(F)nc12. The molecule has 2 aromatic rings. The van der Waals surface area contributed by atoms with E-state index in [0.717, 1.165) is 0 Å². The maximum Gasteiger partial charge on any atom is 0.311 e.